The van der Waals surface area contributed by atoms with E-state index in [2.05, 4.69) is 15.3 Å². The third kappa shape index (κ3) is 4.02. The first-order valence-electron chi connectivity index (χ1n) is 6.82. The quantitative estimate of drug-likeness (QED) is 0.669. The fraction of sp³-hybridized carbons (Fsp3) is 0.250. The summed E-state index contributed by atoms with van der Waals surface area (Å²) in [5.74, 6) is 0.345. The highest BCUT2D eigenvalue weighted by molar-refractivity contribution is 5.71. The number of anilines is 2. The van der Waals surface area contributed by atoms with E-state index in [1.54, 1.807) is 12.5 Å². The second-order valence-electron chi connectivity index (χ2n) is 4.76. The summed E-state index contributed by atoms with van der Waals surface area (Å²) in [6.07, 6.45) is 3.39. The molecule has 1 N–H and O–H groups in total. The number of pyridine rings is 1. The monoisotopic (exact) mass is 286 g/mol. The Morgan fingerprint density at radius 2 is 2.19 bits per heavy atom. The van der Waals surface area contributed by atoms with E-state index in [0.717, 1.165) is 12.1 Å². The minimum Gasteiger partial charge on any atom is -0.366 e. The van der Waals surface area contributed by atoms with E-state index in [-0.39, 0.29) is 5.82 Å². The molecule has 1 aromatic carbocycles. The maximum atomic E-state index is 13.8. The molecule has 0 amide bonds. The minimum absolute atomic E-state index is 0.328. The summed E-state index contributed by atoms with van der Waals surface area (Å²) in [7, 11) is 1.92. The Morgan fingerprint density at radius 3 is 2.86 bits per heavy atom. The summed E-state index contributed by atoms with van der Waals surface area (Å²) in [5.41, 5.74) is 2.15. The van der Waals surface area contributed by atoms with Crippen molar-refractivity contribution >= 4 is 23.5 Å². The molecule has 21 heavy (non-hydrogen) atoms. The van der Waals surface area contributed by atoms with E-state index in [9.17, 15) is 4.39 Å². The number of nitrogens with one attached hydrogen (secondary N) is 1. The van der Waals surface area contributed by atoms with Crippen molar-refractivity contribution < 1.29 is 4.39 Å². The summed E-state index contributed by atoms with van der Waals surface area (Å²) < 4.78 is 13.8. The normalized spacial score (nSPS) is 10.9. The fourth-order valence-corrected chi connectivity index (χ4v) is 1.75. The van der Waals surface area contributed by atoms with Gasteiger partial charge in [0.15, 0.2) is 0 Å². The van der Waals surface area contributed by atoms with Crippen molar-refractivity contribution in [3.63, 3.8) is 0 Å². The highest BCUT2D eigenvalue weighted by Gasteiger charge is 2.07. The van der Waals surface area contributed by atoms with E-state index in [1.165, 1.54) is 12.1 Å². The zero-order valence-corrected chi connectivity index (χ0v) is 12.5. The molecule has 0 unspecified atom stereocenters. The number of hydrogen-bond acceptors (Lipinski definition) is 3. The first kappa shape index (κ1) is 15.0. The van der Waals surface area contributed by atoms with Gasteiger partial charge in [-0.05, 0) is 43.7 Å². The number of aliphatic imine (C=N–C) groups is 1. The van der Waals surface area contributed by atoms with E-state index in [4.69, 9.17) is 0 Å². The number of benzene rings is 1. The molecule has 0 aliphatic rings. The molecule has 110 valence electrons. The second kappa shape index (κ2) is 6.83. The molecule has 2 rings (SSSR count). The van der Waals surface area contributed by atoms with Crippen LogP contribution in [0.4, 0.5) is 21.6 Å². The van der Waals surface area contributed by atoms with Crippen LogP contribution < -0.4 is 5.32 Å². The predicted octanol–water partition coefficient (Wildman–Crippen LogP) is 3.88. The second-order valence-corrected chi connectivity index (χ2v) is 4.76. The first-order chi connectivity index (χ1) is 10.1. The van der Waals surface area contributed by atoms with Gasteiger partial charge in [-0.15, -0.1) is 0 Å². The van der Waals surface area contributed by atoms with Crippen molar-refractivity contribution in [2.24, 2.45) is 4.99 Å². The van der Waals surface area contributed by atoms with Crippen LogP contribution in [0.3, 0.4) is 0 Å². The van der Waals surface area contributed by atoms with Gasteiger partial charge in [-0.25, -0.2) is 14.4 Å². The van der Waals surface area contributed by atoms with E-state index >= 15 is 0 Å². The third-order valence-electron chi connectivity index (χ3n) is 3.17. The lowest BCUT2D eigenvalue weighted by Gasteiger charge is -2.12. The van der Waals surface area contributed by atoms with E-state index in [0.29, 0.717) is 17.2 Å². The Hall–Kier alpha value is -2.43. The van der Waals surface area contributed by atoms with Gasteiger partial charge in [-0.3, -0.25) is 0 Å². The highest BCUT2D eigenvalue weighted by Crippen LogP contribution is 2.29. The fourth-order valence-electron chi connectivity index (χ4n) is 1.75. The molecule has 0 saturated carbocycles. The summed E-state index contributed by atoms with van der Waals surface area (Å²) >= 11 is 0. The number of hydrogen-bond donors (Lipinski definition) is 1. The van der Waals surface area contributed by atoms with E-state index < -0.39 is 0 Å². The Kier molecular flexibility index (Phi) is 4.87. The van der Waals surface area contributed by atoms with Crippen molar-refractivity contribution in [1.29, 1.82) is 0 Å². The molecule has 0 atom stereocenters. The molecular formula is C16H19FN4. The molecule has 4 nitrogen and oxygen atoms in total. The van der Waals surface area contributed by atoms with Gasteiger partial charge in [0, 0.05) is 25.5 Å². The van der Waals surface area contributed by atoms with Crippen molar-refractivity contribution in [2.75, 3.05) is 18.9 Å². The Labute approximate surface area is 124 Å². The van der Waals surface area contributed by atoms with Gasteiger partial charge in [0.1, 0.15) is 11.6 Å². The Balaban J connectivity index is 2.30. The van der Waals surface area contributed by atoms with Gasteiger partial charge in [0.2, 0.25) is 0 Å². The molecule has 0 saturated heterocycles. The van der Waals surface area contributed by atoms with Crippen LogP contribution in [0.1, 0.15) is 12.5 Å². The van der Waals surface area contributed by atoms with Crippen LogP contribution in [0.2, 0.25) is 0 Å². The average Bonchev–Trinajstić information content (AvgIpc) is 2.49. The molecule has 1 heterocycles. The van der Waals surface area contributed by atoms with Gasteiger partial charge < -0.3 is 10.2 Å². The van der Waals surface area contributed by atoms with Crippen LogP contribution in [0, 0.1) is 12.7 Å². The van der Waals surface area contributed by atoms with Gasteiger partial charge in [0.25, 0.3) is 0 Å². The molecule has 2 aromatic rings. The number of halogens is 1. The molecule has 0 bridgehead atoms. The summed E-state index contributed by atoms with van der Waals surface area (Å²) in [6, 6.07) is 8.42. The van der Waals surface area contributed by atoms with E-state index in [1.807, 2.05) is 44.0 Å². The molecule has 0 fully saturated rings. The predicted molar refractivity (Wildman–Crippen MR) is 85.1 cm³/mol. The zero-order chi connectivity index (χ0) is 15.2. The van der Waals surface area contributed by atoms with Gasteiger partial charge in [0.05, 0.1) is 12.0 Å². The van der Waals surface area contributed by atoms with Gasteiger partial charge >= 0.3 is 0 Å². The summed E-state index contributed by atoms with van der Waals surface area (Å²) in [5, 5.41) is 3.12. The van der Waals surface area contributed by atoms with Crippen molar-refractivity contribution in [3.05, 3.63) is 47.9 Å². The van der Waals surface area contributed by atoms with Crippen LogP contribution in [-0.2, 0) is 0 Å². The smallest absolute Gasteiger partial charge is 0.130 e. The van der Waals surface area contributed by atoms with Crippen molar-refractivity contribution in [2.45, 2.75) is 13.8 Å². The van der Waals surface area contributed by atoms with Crippen molar-refractivity contribution in [3.8, 4) is 0 Å². The third-order valence-corrected chi connectivity index (χ3v) is 3.17. The maximum absolute atomic E-state index is 13.8. The standard InChI is InChI=1S/C16H19FN4/c1-4-21(3)11-19-14-9-13(17)10-15(12(14)2)20-16-7-5-6-8-18-16/h5-11H,4H2,1-3H3,(H,18,20). The largest absolute Gasteiger partial charge is 0.366 e. The highest BCUT2D eigenvalue weighted by atomic mass is 19.1. The molecule has 0 aliphatic heterocycles. The molecule has 0 spiro atoms. The molecule has 0 aliphatic carbocycles. The lowest BCUT2D eigenvalue weighted by Crippen LogP contribution is -2.14. The Morgan fingerprint density at radius 1 is 1.38 bits per heavy atom. The van der Waals surface area contributed by atoms with Crippen LogP contribution in [0.15, 0.2) is 41.5 Å². The number of nitrogens with zero attached hydrogens (tertiary/aromatic N) is 3. The number of rotatable bonds is 5. The maximum Gasteiger partial charge on any atom is 0.130 e. The molecule has 0 radical (unpaired) electrons. The molecular weight excluding hydrogens is 267 g/mol. The summed E-state index contributed by atoms with van der Waals surface area (Å²) in [6.45, 7) is 4.78. The summed E-state index contributed by atoms with van der Waals surface area (Å²) in [4.78, 5) is 10.4. The van der Waals surface area contributed by atoms with Crippen LogP contribution in [0.5, 0.6) is 0 Å². The average molecular weight is 286 g/mol. The van der Waals surface area contributed by atoms with Crippen molar-refractivity contribution in [1.82, 2.24) is 9.88 Å². The van der Waals surface area contributed by atoms with Crippen LogP contribution >= 0.6 is 0 Å². The lowest BCUT2D eigenvalue weighted by molar-refractivity contribution is 0.552. The Bertz CT molecular complexity index is 626. The lowest BCUT2D eigenvalue weighted by atomic mass is 10.1. The minimum atomic E-state index is -0.328. The first-order valence-corrected chi connectivity index (χ1v) is 6.82. The van der Waals surface area contributed by atoms with Crippen LogP contribution in [-0.4, -0.2) is 29.8 Å². The topological polar surface area (TPSA) is 40.5 Å². The van der Waals surface area contributed by atoms with Gasteiger partial charge in [-0.1, -0.05) is 6.07 Å². The molecule has 5 heteroatoms. The number of aromatic nitrogens is 1. The molecule has 1 aromatic heterocycles. The van der Waals surface area contributed by atoms with Crippen LogP contribution in [0.25, 0.3) is 0 Å². The van der Waals surface area contributed by atoms with Gasteiger partial charge in [-0.2, -0.15) is 0 Å². The SMILES string of the molecule is CCN(C)C=Nc1cc(F)cc(Nc2ccccn2)c1C. The zero-order valence-electron chi connectivity index (χ0n) is 12.5.